The van der Waals surface area contributed by atoms with E-state index < -0.39 is 0 Å². The SMILES string of the molecule is Cc1cc(N2CCN(CCc3ccccc3)CC2)nc(N)n1. The summed E-state index contributed by atoms with van der Waals surface area (Å²) in [5, 5.41) is 0. The van der Waals surface area contributed by atoms with E-state index in [-0.39, 0.29) is 0 Å². The molecule has 1 aliphatic rings. The Kier molecular flexibility index (Phi) is 4.53. The molecule has 3 rings (SSSR count). The molecule has 1 fully saturated rings. The van der Waals surface area contributed by atoms with Gasteiger partial charge in [-0.05, 0) is 18.9 Å². The van der Waals surface area contributed by atoms with Crippen LogP contribution >= 0.6 is 0 Å². The summed E-state index contributed by atoms with van der Waals surface area (Å²) in [5.74, 6) is 1.31. The van der Waals surface area contributed by atoms with Crippen LogP contribution in [-0.4, -0.2) is 47.6 Å². The molecule has 2 aromatic rings. The van der Waals surface area contributed by atoms with Crippen molar-refractivity contribution in [1.82, 2.24) is 14.9 Å². The van der Waals surface area contributed by atoms with E-state index in [2.05, 4.69) is 50.1 Å². The molecule has 116 valence electrons. The normalized spacial score (nSPS) is 16.0. The molecule has 0 saturated carbocycles. The number of piperazine rings is 1. The standard InChI is InChI=1S/C17H23N5/c1-14-13-16(20-17(18)19-14)22-11-9-21(10-12-22)8-7-15-5-3-2-4-6-15/h2-6,13H,7-12H2,1H3,(H2,18,19,20). The Balaban J connectivity index is 1.52. The fraction of sp³-hybridized carbons (Fsp3) is 0.412. The quantitative estimate of drug-likeness (QED) is 0.931. The van der Waals surface area contributed by atoms with Crippen molar-refractivity contribution < 1.29 is 0 Å². The van der Waals surface area contributed by atoms with Crippen LogP contribution in [0, 0.1) is 6.92 Å². The van der Waals surface area contributed by atoms with E-state index in [1.807, 2.05) is 13.0 Å². The fourth-order valence-electron chi connectivity index (χ4n) is 2.87. The van der Waals surface area contributed by atoms with Crippen molar-refractivity contribution in [3.05, 3.63) is 47.7 Å². The van der Waals surface area contributed by atoms with Crippen LogP contribution in [0.3, 0.4) is 0 Å². The molecule has 1 aromatic carbocycles. The Morgan fingerprint density at radius 1 is 1.05 bits per heavy atom. The largest absolute Gasteiger partial charge is 0.368 e. The molecule has 22 heavy (non-hydrogen) atoms. The molecule has 0 aliphatic carbocycles. The van der Waals surface area contributed by atoms with Crippen molar-refractivity contribution in [2.75, 3.05) is 43.4 Å². The second kappa shape index (κ2) is 6.75. The molecular formula is C17H23N5. The maximum Gasteiger partial charge on any atom is 0.222 e. The Bertz CT molecular complexity index is 585. The van der Waals surface area contributed by atoms with Crippen LogP contribution in [0.4, 0.5) is 11.8 Å². The third-order valence-electron chi connectivity index (χ3n) is 4.11. The van der Waals surface area contributed by atoms with Gasteiger partial charge in [-0.2, -0.15) is 4.98 Å². The minimum atomic E-state index is 0.363. The molecule has 1 aromatic heterocycles. The van der Waals surface area contributed by atoms with Crippen LogP contribution in [0.25, 0.3) is 0 Å². The van der Waals surface area contributed by atoms with Gasteiger partial charge in [-0.25, -0.2) is 4.98 Å². The maximum absolute atomic E-state index is 5.75. The van der Waals surface area contributed by atoms with E-state index in [9.17, 15) is 0 Å². The van der Waals surface area contributed by atoms with E-state index in [1.165, 1.54) is 5.56 Å². The number of hydrogen-bond acceptors (Lipinski definition) is 5. The van der Waals surface area contributed by atoms with Crippen molar-refractivity contribution in [3.8, 4) is 0 Å². The number of aryl methyl sites for hydroxylation is 1. The highest BCUT2D eigenvalue weighted by Gasteiger charge is 2.18. The zero-order valence-electron chi connectivity index (χ0n) is 13.1. The maximum atomic E-state index is 5.75. The summed E-state index contributed by atoms with van der Waals surface area (Å²) in [6, 6.07) is 12.7. The Morgan fingerprint density at radius 2 is 1.77 bits per heavy atom. The van der Waals surface area contributed by atoms with Crippen LogP contribution in [0.2, 0.25) is 0 Å². The topological polar surface area (TPSA) is 58.3 Å². The molecule has 1 saturated heterocycles. The van der Waals surface area contributed by atoms with Gasteiger partial charge in [-0.3, -0.25) is 4.90 Å². The third kappa shape index (κ3) is 3.74. The van der Waals surface area contributed by atoms with Gasteiger partial charge in [0.1, 0.15) is 5.82 Å². The molecule has 1 aliphatic heterocycles. The molecule has 2 heterocycles. The summed E-state index contributed by atoms with van der Waals surface area (Å²) < 4.78 is 0. The molecule has 0 amide bonds. The number of rotatable bonds is 4. The van der Waals surface area contributed by atoms with Crippen LogP contribution in [0.1, 0.15) is 11.3 Å². The Labute approximate surface area is 131 Å². The van der Waals surface area contributed by atoms with Crippen molar-refractivity contribution in [1.29, 1.82) is 0 Å². The van der Waals surface area contributed by atoms with Crippen molar-refractivity contribution in [2.24, 2.45) is 0 Å². The monoisotopic (exact) mass is 297 g/mol. The summed E-state index contributed by atoms with van der Waals surface area (Å²) in [4.78, 5) is 13.3. The van der Waals surface area contributed by atoms with Crippen LogP contribution in [-0.2, 0) is 6.42 Å². The summed E-state index contributed by atoms with van der Waals surface area (Å²) in [6.45, 7) is 7.18. The number of nitrogens with two attached hydrogens (primary N) is 1. The minimum absolute atomic E-state index is 0.363. The molecular weight excluding hydrogens is 274 g/mol. The minimum Gasteiger partial charge on any atom is -0.368 e. The van der Waals surface area contributed by atoms with Crippen LogP contribution in [0.15, 0.2) is 36.4 Å². The number of nitrogen functional groups attached to an aromatic ring is 1. The van der Waals surface area contributed by atoms with Gasteiger partial charge in [0.05, 0.1) is 0 Å². The first kappa shape index (κ1) is 14.8. The van der Waals surface area contributed by atoms with E-state index in [0.29, 0.717) is 5.95 Å². The van der Waals surface area contributed by atoms with E-state index >= 15 is 0 Å². The molecule has 2 N–H and O–H groups in total. The van der Waals surface area contributed by atoms with Gasteiger partial charge < -0.3 is 10.6 Å². The fourth-order valence-corrected chi connectivity index (χ4v) is 2.87. The molecule has 0 radical (unpaired) electrons. The van der Waals surface area contributed by atoms with Crippen LogP contribution in [0.5, 0.6) is 0 Å². The highest BCUT2D eigenvalue weighted by molar-refractivity contribution is 5.43. The van der Waals surface area contributed by atoms with E-state index in [4.69, 9.17) is 5.73 Å². The second-order valence-electron chi connectivity index (χ2n) is 5.79. The lowest BCUT2D eigenvalue weighted by Gasteiger charge is -2.35. The highest BCUT2D eigenvalue weighted by atomic mass is 15.3. The molecule has 0 unspecified atom stereocenters. The first-order valence-corrected chi connectivity index (χ1v) is 7.83. The lowest BCUT2D eigenvalue weighted by molar-refractivity contribution is 0.260. The number of aromatic nitrogens is 2. The lowest BCUT2D eigenvalue weighted by atomic mass is 10.1. The summed E-state index contributed by atoms with van der Waals surface area (Å²) in [6.07, 6.45) is 1.11. The van der Waals surface area contributed by atoms with E-state index in [1.54, 1.807) is 0 Å². The first-order valence-electron chi connectivity index (χ1n) is 7.83. The van der Waals surface area contributed by atoms with E-state index in [0.717, 1.165) is 50.7 Å². The van der Waals surface area contributed by atoms with Crippen molar-refractivity contribution in [2.45, 2.75) is 13.3 Å². The first-order chi connectivity index (χ1) is 10.7. The van der Waals surface area contributed by atoms with Gasteiger partial charge in [-0.15, -0.1) is 0 Å². The van der Waals surface area contributed by atoms with Gasteiger partial charge in [0.25, 0.3) is 0 Å². The average Bonchev–Trinajstić information content (AvgIpc) is 2.53. The third-order valence-corrected chi connectivity index (χ3v) is 4.11. The molecule has 0 spiro atoms. The zero-order valence-corrected chi connectivity index (χ0v) is 13.1. The van der Waals surface area contributed by atoms with Gasteiger partial charge in [0.15, 0.2) is 0 Å². The number of nitrogens with zero attached hydrogens (tertiary/aromatic N) is 4. The molecule has 5 heteroatoms. The van der Waals surface area contributed by atoms with Gasteiger partial charge in [0.2, 0.25) is 5.95 Å². The highest BCUT2D eigenvalue weighted by Crippen LogP contribution is 2.16. The predicted octanol–water partition coefficient (Wildman–Crippen LogP) is 1.73. The summed E-state index contributed by atoms with van der Waals surface area (Å²) in [7, 11) is 0. The zero-order chi connectivity index (χ0) is 15.4. The van der Waals surface area contributed by atoms with Gasteiger partial charge in [0, 0.05) is 44.5 Å². The predicted molar refractivity (Wildman–Crippen MR) is 90.0 cm³/mol. The number of hydrogen-bond donors (Lipinski definition) is 1. The van der Waals surface area contributed by atoms with Gasteiger partial charge >= 0.3 is 0 Å². The lowest BCUT2D eigenvalue weighted by Crippen LogP contribution is -2.47. The van der Waals surface area contributed by atoms with Crippen molar-refractivity contribution in [3.63, 3.8) is 0 Å². The smallest absolute Gasteiger partial charge is 0.222 e. The summed E-state index contributed by atoms with van der Waals surface area (Å²) >= 11 is 0. The number of anilines is 2. The summed E-state index contributed by atoms with van der Waals surface area (Å²) in [5.41, 5.74) is 8.08. The molecule has 5 nitrogen and oxygen atoms in total. The van der Waals surface area contributed by atoms with Crippen LogP contribution < -0.4 is 10.6 Å². The molecule has 0 atom stereocenters. The Morgan fingerprint density at radius 3 is 2.45 bits per heavy atom. The number of benzene rings is 1. The van der Waals surface area contributed by atoms with Crippen molar-refractivity contribution >= 4 is 11.8 Å². The Hall–Kier alpha value is -2.14. The van der Waals surface area contributed by atoms with Gasteiger partial charge in [-0.1, -0.05) is 30.3 Å². The average molecular weight is 297 g/mol. The molecule has 0 bridgehead atoms. The second-order valence-corrected chi connectivity index (χ2v) is 5.79.